The van der Waals surface area contributed by atoms with Crippen molar-refractivity contribution in [3.8, 4) is 5.75 Å². The molecule has 2 rings (SSSR count). The van der Waals surface area contributed by atoms with Gasteiger partial charge in [-0.3, -0.25) is 4.79 Å². The SMILES string of the molecule is COc1ccc(NC(=O)c2ccc(NCCC(C)C)nc2)cc1. The molecular weight excluding hydrogens is 290 g/mol. The van der Waals surface area contributed by atoms with Crippen LogP contribution in [0.15, 0.2) is 42.6 Å². The number of nitrogens with one attached hydrogen (secondary N) is 2. The van der Waals surface area contributed by atoms with Crippen molar-refractivity contribution in [3.63, 3.8) is 0 Å². The third-order valence-electron chi connectivity index (χ3n) is 3.40. The molecule has 5 heteroatoms. The van der Waals surface area contributed by atoms with E-state index in [1.807, 2.05) is 6.07 Å². The molecule has 0 fully saturated rings. The van der Waals surface area contributed by atoms with Crippen molar-refractivity contribution in [2.24, 2.45) is 5.92 Å². The zero-order valence-corrected chi connectivity index (χ0v) is 13.8. The molecule has 0 spiro atoms. The lowest BCUT2D eigenvalue weighted by molar-refractivity contribution is 0.102. The van der Waals surface area contributed by atoms with Gasteiger partial charge in [0.2, 0.25) is 0 Å². The third-order valence-corrected chi connectivity index (χ3v) is 3.40. The number of carbonyl (C=O) groups is 1. The predicted octanol–water partition coefficient (Wildman–Crippen LogP) is 3.80. The van der Waals surface area contributed by atoms with Gasteiger partial charge in [-0.05, 0) is 48.7 Å². The standard InChI is InChI=1S/C18H23N3O2/c1-13(2)10-11-19-17-9-4-14(12-20-17)18(22)21-15-5-7-16(23-3)8-6-15/h4-9,12-13H,10-11H2,1-3H3,(H,19,20)(H,21,22). The highest BCUT2D eigenvalue weighted by Crippen LogP contribution is 2.16. The first-order chi connectivity index (χ1) is 11.1. The summed E-state index contributed by atoms with van der Waals surface area (Å²) in [6.07, 6.45) is 2.66. The van der Waals surface area contributed by atoms with Crippen molar-refractivity contribution in [2.45, 2.75) is 20.3 Å². The zero-order valence-electron chi connectivity index (χ0n) is 13.8. The smallest absolute Gasteiger partial charge is 0.257 e. The monoisotopic (exact) mass is 313 g/mol. The largest absolute Gasteiger partial charge is 0.497 e. The maximum Gasteiger partial charge on any atom is 0.257 e. The normalized spacial score (nSPS) is 10.4. The minimum Gasteiger partial charge on any atom is -0.497 e. The number of hydrogen-bond donors (Lipinski definition) is 2. The average molecular weight is 313 g/mol. The Balaban J connectivity index is 1.91. The van der Waals surface area contributed by atoms with Gasteiger partial charge in [0.05, 0.1) is 12.7 Å². The fourth-order valence-corrected chi connectivity index (χ4v) is 2.00. The Kier molecular flexibility index (Phi) is 5.97. The van der Waals surface area contributed by atoms with Gasteiger partial charge in [0.25, 0.3) is 5.91 Å². The summed E-state index contributed by atoms with van der Waals surface area (Å²) < 4.78 is 5.09. The van der Waals surface area contributed by atoms with Crippen molar-refractivity contribution in [3.05, 3.63) is 48.2 Å². The van der Waals surface area contributed by atoms with Crippen LogP contribution in [0.25, 0.3) is 0 Å². The van der Waals surface area contributed by atoms with E-state index in [0.29, 0.717) is 11.5 Å². The second-order valence-corrected chi connectivity index (χ2v) is 5.72. The molecule has 0 atom stereocenters. The molecule has 0 bridgehead atoms. The van der Waals surface area contributed by atoms with E-state index in [0.717, 1.165) is 30.2 Å². The van der Waals surface area contributed by atoms with Crippen LogP contribution < -0.4 is 15.4 Å². The number of aromatic nitrogens is 1. The van der Waals surface area contributed by atoms with Crippen LogP contribution in [-0.4, -0.2) is 24.5 Å². The lowest BCUT2D eigenvalue weighted by Crippen LogP contribution is -2.13. The van der Waals surface area contributed by atoms with Gasteiger partial charge in [-0.25, -0.2) is 4.98 Å². The van der Waals surface area contributed by atoms with Gasteiger partial charge in [-0.2, -0.15) is 0 Å². The summed E-state index contributed by atoms with van der Waals surface area (Å²) in [5, 5.41) is 6.08. The molecule has 0 radical (unpaired) electrons. The first-order valence-corrected chi connectivity index (χ1v) is 7.74. The molecule has 122 valence electrons. The summed E-state index contributed by atoms with van der Waals surface area (Å²) in [4.78, 5) is 16.5. The summed E-state index contributed by atoms with van der Waals surface area (Å²) in [7, 11) is 1.61. The highest BCUT2D eigenvalue weighted by atomic mass is 16.5. The van der Waals surface area contributed by atoms with Gasteiger partial charge in [0, 0.05) is 18.4 Å². The van der Waals surface area contributed by atoms with Crippen LogP contribution in [0.1, 0.15) is 30.6 Å². The zero-order chi connectivity index (χ0) is 16.7. The van der Waals surface area contributed by atoms with Crippen LogP contribution >= 0.6 is 0 Å². The first kappa shape index (κ1) is 16.8. The number of ether oxygens (including phenoxy) is 1. The maximum absolute atomic E-state index is 12.2. The van der Waals surface area contributed by atoms with Crippen molar-refractivity contribution in [1.29, 1.82) is 0 Å². The Hall–Kier alpha value is -2.56. The highest BCUT2D eigenvalue weighted by molar-refractivity contribution is 6.04. The summed E-state index contributed by atoms with van der Waals surface area (Å²) in [6, 6.07) is 10.8. The number of nitrogens with zero attached hydrogens (tertiary/aromatic N) is 1. The average Bonchev–Trinajstić information content (AvgIpc) is 2.56. The van der Waals surface area contributed by atoms with Crippen LogP contribution in [0.3, 0.4) is 0 Å². The van der Waals surface area contributed by atoms with E-state index in [9.17, 15) is 4.79 Å². The van der Waals surface area contributed by atoms with Gasteiger partial charge in [0.15, 0.2) is 0 Å². The number of methoxy groups -OCH3 is 1. The molecule has 1 amide bonds. The molecule has 2 aromatic rings. The Morgan fingerprint density at radius 3 is 2.48 bits per heavy atom. The van der Waals surface area contributed by atoms with Gasteiger partial charge >= 0.3 is 0 Å². The summed E-state index contributed by atoms with van der Waals surface area (Å²) in [6.45, 7) is 5.24. The van der Waals surface area contributed by atoms with Gasteiger partial charge in [0.1, 0.15) is 11.6 Å². The van der Waals surface area contributed by atoms with Crippen molar-refractivity contribution >= 4 is 17.4 Å². The number of amides is 1. The van der Waals surface area contributed by atoms with E-state index in [-0.39, 0.29) is 5.91 Å². The Bertz CT molecular complexity index is 622. The van der Waals surface area contributed by atoms with Gasteiger partial charge in [-0.1, -0.05) is 13.8 Å². The number of pyridine rings is 1. The van der Waals surface area contributed by atoms with Crippen molar-refractivity contribution < 1.29 is 9.53 Å². The molecule has 0 saturated heterocycles. The van der Waals surface area contributed by atoms with Crippen LogP contribution in [0, 0.1) is 5.92 Å². The topological polar surface area (TPSA) is 63.2 Å². The van der Waals surface area contributed by atoms with Gasteiger partial charge in [-0.15, -0.1) is 0 Å². The van der Waals surface area contributed by atoms with Gasteiger partial charge < -0.3 is 15.4 Å². The number of hydrogen-bond acceptors (Lipinski definition) is 4. The van der Waals surface area contributed by atoms with Crippen LogP contribution in [0.5, 0.6) is 5.75 Å². The van der Waals surface area contributed by atoms with E-state index in [1.54, 1.807) is 43.6 Å². The van der Waals surface area contributed by atoms with E-state index < -0.39 is 0 Å². The lowest BCUT2D eigenvalue weighted by Gasteiger charge is -2.09. The Morgan fingerprint density at radius 1 is 1.17 bits per heavy atom. The van der Waals surface area contributed by atoms with Crippen LogP contribution in [0.2, 0.25) is 0 Å². The molecule has 23 heavy (non-hydrogen) atoms. The van der Waals surface area contributed by atoms with E-state index in [4.69, 9.17) is 4.74 Å². The second-order valence-electron chi connectivity index (χ2n) is 5.72. The first-order valence-electron chi connectivity index (χ1n) is 7.74. The van der Waals surface area contributed by atoms with Crippen molar-refractivity contribution in [1.82, 2.24) is 4.98 Å². The lowest BCUT2D eigenvalue weighted by atomic mass is 10.1. The molecule has 0 aliphatic rings. The summed E-state index contributed by atoms with van der Waals surface area (Å²) >= 11 is 0. The van der Waals surface area contributed by atoms with E-state index in [1.165, 1.54) is 0 Å². The molecule has 0 unspecified atom stereocenters. The second kappa shape index (κ2) is 8.17. The molecular formula is C18H23N3O2. The maximum atomic E-state index is 12.2. The Labute approximate surface area is 137 Å². The fourth-order valence-electron chi connectivity index (χ4n) is 2.00. The highest BCUT2D eigenvalue weighted by Gasteiger charge is 2.07. The predicted molar refractivity (Wildman–Crippen MR) is 93.1 cm³/mol. The molecule has 5 nitrogen and oxygen atoms in total. The summed E-state index contributed by atoms with van der Waals surface area (Å²) in [5.41, 5.74) is 1.24. The fraction of sp³-hybridized carbons (Fsp3) is 0.333. The molecule has 1 aromatic heterocycles. The number of anilines is 2. The van der Waals surface area contributed by atoms with E-state index in [2.05, 4.69) is 29.5 Å². The quantitative estimate of drug-likeness (QED) is 0.816. The van der Waals surface area contributed by atoms with Crippen LogP contribution in [0.4, 0.5) is 11.5 Å². The Morgan fingerprint density at radius 2 is 1.91 bits per heavy atom. The molecule has 1 aromatic carbocycles. The van der Waals surface area contributed by atoms with E-state index >= 15 is 0 Å². The van der Waals surface area contributed by atoms with Crippen LogP contribution in [-0.2, 0) is 0 Å². The molecule has 0 saturated carbocycles. The minimum atomic E-state index is -0.184. The molecule has 1 heterocycles. The molecule has 2 N–H and O–H groups in total. The molecule has 0 aliphatic carbocycles. The molecule has 0 aliphatic heterocycles. The number of carbonyl (C=O) groups excluding carboxylic acids is 1. The van der Waals surface area contributed by atoms with Crippen molar-refractivity contribution in [2.75, 3.05) is 24.3 Å². The summed E-state index contributed by atoms with van der Waals surface area (Å²) in [5.74, 6) is 2.00. The minimum absolute atomic E-state index is 0.184. The number of rotatable bonds is 7. The number of benzene rings is 1. The third kappa shape index (κ3) is 5.29.